The molecule has 0 saturated heterocycles. The van der Waals surface area contributed by atoms with Crippen molar-refractivity contribution in [3.8, 4) is 0 Å². The molecule has 0 radical (unpaired) electrons. The Balaban J connectivity index is 2.12. The number of hydrogen-bond donors (Lipinski definition) is 0. The molecular weight excluding hydrogens is 264 g/mol. The average molecular weight is 286 g/mol. The van der Waals surface area contributed by atoms with Crippen molar-refractivity contribution in [1.82, 2.24) is 0 Å². The van der Waals surface area contributed by atoms with Gasteiger partial charge in [-0.2, -0.15) is 0 Å². The van der Waals surface area contributed by atoms with Crippen molar-refractivity contribution in [3.63, 3.8) is 0 Å². The van der Waals surface area contributed by atoms with Crippen LogP contribution in [0.15, 0.2) is 42.0 Å². The van der Waals surface area contributed by atoms with Gasteiger partial charge in [0.15, 0.2) is 0 Å². The van der Waals surface area contributed by atoms with Crippen molar-refractivity contribution >= 4 is 5.97 Å². The summed E-state index contributed by atoms with van der Waals surface area (Å²) in [6, 6.07) is 10.1. The van der Waals surface area contributed by atoms with Gasteiger partial charge in [-0.15, -0.1) is 0 Å². The largest absolute Gasteiger partial charge is 0.468 e. The first kappa shape index (κ1) is 14.3. The first-order chi connectivity index (χ1) is 10.2. The molecule has 1 saturated carbocycles. The van der Waals surface area contributed by atoms with E-state index in [1.807, 2.05) is 18.2 Å². The average Bonchev–Trinajstić information content (AvgIpc) is 2.90. The predicted molar refractivity (Wildman–Crippen MR) is 80.7 cm³/mol. The van der Waals surface area contributed by atoms with E-state index in [0.29, 0.717) is 0 Å². The molecule has 1 aromatic carbocycles. The SMILES string of the molecule is COC(=O)[C@H]1C=C2CCCC[C@@H]2[C@]1(OC)c1ccccc1. The van der Waals surface area contributed by atoms with Gasteiger partial charge in [0, 0.05) is 13.0 Å². The van der Waals surface area contributed by atoms with Crippen LogP contribution in [-0.4, -0.2) is 20.2 Å². The van der Waals surface area contributed by atoms with E-state index in [4.69, 9.17) is 9.47 Å². The molecule has 0 aromatic heterocycles. The molecular formula is C18H22O3. The Morgan fingerprint density at radius 1 is 1.19 bits per heavy atom. The molecule has 1 aromatic rings. The Morgan fingerprint density at radius 3 is 2.62 bits per heavy atom. The minimum absolute atomic E-state index is 0.206. The maximum atomic E-state index is 12.4. The van der Waals surface area contributed by atoms with Gasteiger partial charge in [0.05, 0.1) is 7.11 Å². The van der Waals surface area contributed by atoms with E-state index in [0.717, 1.165) is 18.4 Å². The van der Waals surface area contributed by atoms with Crippen LogP contribution in [0.2, 0.25) is 0 Å². The highest BCUT2D eigenvalue weighted by atomic mass is 16.5. The van der Waals surface area contributed by atoms with E-state index in [2.05, 4.69) is 18.2 Å². The monoisotopic (exact) mass is 286 g/mol. The standard InChI is InChI=1S/C18H22O3/c1-20-17(19)16-12-13-8-6-7-11-15(13)18(16,21-2)14-9-4-3-5-10-14/h3-5,9-10,12,15-16H,6-8,11H2,1-2H3/t15-,16+,18+/m0/s1. The molecule has 0 amide bonds. The van der Waals surface area contributed by atoms with Crippen molar-refractivity contribution in [3.05, 3.63) is 47.5 Å². The van der Waals surface area contributed by atoms with Crippen molar-refractivity contribution in [2.75, 3.05) is 14.2 Å². The highest BCUT2D eigenvalue weighted by molar-refractivity contribution is 5.78. The third-order valence-corrected chi connectivity index (χ3v) is 5.03. The molecule has 1 fully saturated rings. The van der Waals surface area contributed by atoms with E-state index in [-0.39, 0.29) is 17.8 Å². The molecule has 0 bridgehead atoms. The van der Waals surface area contributed by atoms with E-state index in [9.17, 15) is 4.79 Å². The number of benzene rings is 1. The van der Waals surface area contributed by atoms with Crippen LogP contribution in [0.3, 0.4) is 0 Å². The normalized spacial score (nSPS) is 31.4. The predicted octanol–water partition coefficient (Wildman–Crippen LogP) is 3.45. The molecule has 21 heavy (non-hydrogen) atoms. The Bertz CT molecular complexity index is 549. The van der Waals surface area contributed by atoms with Crippen LogP contribution in [0.5, 0.6) is 0 Å². The quantitative estimate of drug-likeness (QED) is 0.630. The first-order valence-corrected chi connectivity index (χ1v) is 7.63. The van der Waals surface area contributed by atoms with Crippen LogP contribution in [-0.2, 0) is 19.9 Å². The van der Waals surface area contributed by atoms with E-state index in [1.165, 1.54) is 25.5 Å². The Morgan fingerprint density at radius 2 is 1.95 bits per heavy atom. The maximum absolute atomic E-state index is 12.4. The second kappa shape index (κ2) is 5.64. The van der Waals surface area contributed by atoms with E-state index >= 15 is 0 Å². The lowest BCUT2D eigenvalue weighted by Gasteiger charge is -2.41. The third-order valence-electron chi connectivity index (χ3n) is 5.03. The zero-order valence-electron chi connectivity index (χ0n) is 12.7. The number of hydrogen-bond acceptors (Lipinski definition) is 3. The highest BCUT2D eigenvalue weighted by Crippen LogP contribution is 2.54. The molecule has 3 heteroatoms. The molecule has 0 N–H and O–H groups in total. The fraction of sp³-hybridized carbons (Fsp3) is 0.500. The minimum Gasteiger partial charge on any atom is -0.468 e. The van der Waals surface area contributed by atoms with Crippen LogP contribution < -0.4 is 0 Å². The van der Waals surface area contributed by atoms with Gasteiger partial charge >= 0.3 is 5.97 Å². The summed E-state index contributed by atoms with van der Waals surface area (Å²) in [5.41, 5.74) is 1.83. The topological polar surface area (TPSA) is 35.5 Å². The summed E-state index contributed by atoms with van der Waals surface area (Å²) in [6.07, 6.45) is 6.63. The molecule has 3 atom stereocenters. The second-order valence-corrected chi connectivity index (χ2v) is 5.90. The van der Waals surface area contributed by atoms with Gasteiger partial charge in [0.1, 0.15) is 11.5 Å². The van der Waals surface area contributed by atoms with Gasteiger partial charge in [-0.25, -0.2) is 0 Å². The van der Waals surface area contributed by atoms with Gasteiger partial charge in [-0.3, -0.25) is 4.79 Å². The molecule has 2 aliphatic carbocycles. The molecule has 0 heterocycles. The lowest BCUT2D eigenvalue weighted by molar-refractivity contribution is -0.159. The van der Waals surface area contributed by atoms with Crippen molar-refractivity contribution < 1.29 is 14.3 Å². The third kappa shape index (κ3) is 2.11. The van der Waals surface area contributed by atoms with Gasteiger partial charge < -0.3 is 9.47 Å². The van der Waals surface area contributed by atoms with Crippen molar-refractivity contribution in [2.45, 2.75) is 31.3 Å². The second-order valence-electron chi connectivity index (χ2n) is 5.90. The van der Waals surface area contributed by atoms with Crippen LogP contribution >= 0.6 is 0 Å². The van der Waals surface area contributed by atoms with Crippen molar-refractivity contribution in [2.24, 2.45) is 11.8 Å². The summed E-state index contributed by atoms with van der Waals surface area (Å²) >= 11 is 0. The smallest absolute Gasteiger partial charge is 0.315 e. The molecule has 112 valence electrons. The van der Waals surface area contributed by atoms with Crippen LogP contribution in [0.1, 0.15) is 31.2 Å². The summed E-state index contributed by atoms with van der Waals surface area (Å²) in [7, 11) is 3.17. The van der Waals surface area contributed by atoms with E-state index in [1.54, 1.807) is 7.11 Å². The molecule has 3 nitrogen and oxygen atoms in total. The molecule has 0 spiro atoms. The molecule has 0 aliphatic heterocycles. The maximum Gasteiger partial charge on any atom is 0.315 e. The summed E-state index contributed by atoms with van der Waals surface area (Å²) in [6.45, 7) is 0. The lowest BCUT2D eigenvalue weighted by Crippen LogP contribution is -2.44. The number of carbonyl (C=O) groups is 1. The summed E-state index contributed by atoms with van der Waals surface area (Å²) in [5.74, 6) is -0.279. The summed E-state index contributed by atoms with van der Waals surface area (Å²) in [4.78, 5) is 12.4. The highest BCUT2D eigenvalue weighted by Gasteiger charge is 2.55. The minimum atomic E-state index is -0.607. The number of carbonyl (C=O) groups excluding carboxylic acids is 1. The van der Waals surface area contributed by atoms with Gasteiger partial charge in [-0.05, 0) is 24.8 Å². The Labute approximate surface area is 125 Å². The first-order valence-electron chi connectivity index (χ1n) is 7.63. The number of fused-ring (bicyclic) bond motifs is 1. The Kier molecular flexibility index (Phi) is 3.85. The van der Waals surface area contributed by atoms with Crippen LogP contribution in [0.25, 0.3) is 0 Å². The van der Waals surface area contributed by atoms with E-state index < -0.39 is 5.60 Å². The fourth-order valence-electron chi connectivity index (χ4n) is 4.12. The lowest BCUT2D eigenvalue weighted by atomic mass is 9.71. The summed E-state index contributed by atoms with van der Waals surface area (Å²) < 4.78 is 11.1. The zero-order valence-corrected chi connectivity index (χ0v) is 12.7. The summed E-state index contributed by atoms with van der Waals surface area (Å²) in [5, 5.41) is 0. The number of methoxy groups -OCH3 is 2. The number of ether oxygens (including phenoxy) is 2. The van der Waals surface area contributed by atoms with Gasteiger partial charge in [0.2, 0.25) is 0 Å². The molecule has 0 unspecified atom stereocenters. The number of esters is 1. The number of rotatable bonds is 3. The Hall–Kier alpha value is -1.61. The van der Waals surface area contributed by atoms with Crippen LogP contribution in [0.4, 0.5) is 0 Å². The fourth-order valence-corrected chi connectivity index (χ4v) is 4.12. The van der Waals surface area contributed by atoms with Gasteiger partial charge in [-0.1, -0.05) is 48.4 Å². The van der Waals surface area contributed by atoms with Crippen molar-refractivity contribution in [1.29, 1.82) is 0 Å². The zero-order chi connectivity index (χ0) is 14.9. The van der Waals surface area contributed by atoms with Gasteiger partial charge in [0.25, 0.3) is 0 Å². The molecule has 3 rings (SSSR count). The molecule has 2 aliphatic rings. The van der Waals surface area contributed by atoms with Crippen LogP contribution in [0, 0.1) is 11.8 Å².